The van der Waals surface area contributed by atoms with E-state index in [0.29, 0.717) is 17.4 Å². The molecule has 2 aromatic heterocycles. The van der Waals surface area contributed by atoms with Crippen molar-refractivity contribution in [3.05, 3.63) is 30.9 Å². The summed E-state index contributed by atoms with van der Waals surface area (Å²) in [7, 11) is 0. The van der Waals surface area contributed by atoms with E-state index in [1.807, 2.05) is 0 Å². The van der Waals surface area contributed by atoms with E-state index in [9.17, 15) is 0 Å². The summed E-state index contributed by atoms with van der Waals surface area (Å²) in [6, 6.07) is 3.52. The Balaban J connectivity index is 2.24. The third-order valence-corrected chi connectivity index (χ3v) is 1.51. The number of hydrogen-bond donors (Lipinski definition) is 2. The number of rotatable bonds is 2. The Morgan fingerprint density at radius 1 is 1.46 bits per heavy atom. The lowest BCUT2D eigenvalue weighted by Crippen LogP contribution is -1.97. The van der Waals surface area contributed by atoms with Crippen LogP contribution in [0.3, 0.4) is 0 Å². The fraction of sp³-hybridized carbons (Fsp3) is 0. The summed E-state index contributed by atoms with van der Waals surface area (Å²) >= 11 is 0. The second-order valence-electron chi connectivity index (χ2n) is 2.43. The molecule has 0 spiro atoms. The molecule has 5 heteroatoms. The zero-order valence-corrected chi connectivity index (χ0v) is 6.77. The molecule has 0 aromatic carbocycles. The number of nitrogen functional groups attached to an aromatic ring is 1. The quantitative estimate of drug-likeness (QED) is 0.723. The topological polar surface area (TPSA) is 77.0 Å². The van der Waals surface area contributed by atoms with E-state index in [1.165, 1.54) is 6.39 Å². The zero-order valence-electron chi connectivity index (χ0n) is 6.77. The molecule has 0 radical (unpaired) electrons. The van der Waals surface area contributed by atoms with E-state index >= 15 is 0 Å². The lowest BCUT2D eigenvalue weighted by Gasteiger charge is -2.02. The van der Waals surface area contributed by atoms with E-state index in [4.69, 9.17) is 10.2 Å². The lowest BCUT2D eigenvalue weighted by molar-refractivity contribution is 0.574. The van der Waals surface area contributed by atoms with E-state index < -0.39 is 0 Å². The van der Waals surface area contributed by atoms with Gasteiger partial charge < -0.3 is 15.5 Å². The van der Waals surface area contributed by atoms with Crippen LogP contribution >= 0.6 is 0 Å². The maximum Gasteiger partial charge on any atom is 0.219 e. The van der Waals surface area contributed by atoms with Gasteiger partial charge in [-0.3, -0.25) is 0 Å². The van der Waals surface area contributed by atoms with Gasteiger partial charge in [0.15, 0.2) is 12.2 Å². The van der Waals surface area contributed by atoms with E-state index in [1.54, 1.807) is 24.5 Å². The van der Waals surface area contributed by atoms with Gasteiger partial charge in [-0.2, -0.15) is 0 Å². The molecular formula is C8H8N4O. The van der Waals surface area contributed by atoms with Gasteiger partial charge in [-0.25, -0.2) is 9.97 Å². The molecule has 3 N–H and O–H groups in total. The normalized spacial score (nSPS) is 9.85. The van der Waals surface area contributed by atoms with Gasteiger partial charge in [-0.1, -0.05) is 0 Å². The molecule has 0 bridgehead atoms. The molecule has 0 amide bonds. The predicted molar refractivity (Wildman–Crippen MR) is 48.4 cm³/mol. The summed E-state index contributed by atoms with van der Waals surface area (Å²) in [4.78, 5) is 7.78. The summed E-state index contributed by atoms with van der Waals surface area (Å²) in [6.07, 6.45) is 4.53. The third-order valence-electron chi connectivity index (χ3n) is 1.51. The second-order valence-corrected chi connectivity index (χ2v) is 2.43. The molecule has 13 heavy (non-hydrogen) atoms. The molecule has 66 valence electrons. The Hall–Kier alpha value is -2.04. The minimum Gasteiger partial charge on any atom is -0.428 e. The van der Waals surface area contributed by atoms with E-state index in [2.05, 4.69) is 15.3 Å². The Morgan fingerprint density at radius 3 is 3.08 bits per heavy atom. The smallest absolute Gasteiger partial charge is 0.219 e. The Kier molecular flexibility index (Phi) is 1.84. The molecule has 0 saturated heterocycles. The first-order valence-corrected chi connectivity index (χ1v) is 3.72. The van der Waals surface area contributed by atoms with Gasteiger partial charge in [0.25, 0.3) is 0 Å². The highest BCUT2D eigenvalue weighted by Crippen LogP contribution is 2.18. The average molecular weight is 176 g/mol. The molecule has 5 nitrogen and oxygen atoms in total. The average Bonchev–Trinajstić information content (AvgIpc) is 2.61. The van der Waals surface area contributed by atoms with Gasteiger partial charge in [0, 0.05) is 6.20 Å². The highest BCUT2D eigenvalue weighted by molar-refractivity contribution is 5.65. The molecule has 0 aliphatic heterocycles. The van der Waals surface area contributed by atoms with Gasteiger partial charge in [0.1, 0.15) is 0 Å². The van der Waals surface area contributed by atoms with E-state index in [0.717, 1.165) is 0 Å². The zero-order chi connectivity index (χ0) is 9.10. The first-order valence-electron chi connectivity index (χ1n) is 3.72. The number of pyridine rings is 1. The Morgan fingerprint density at radius 2 is 2.38 bits per heavy atom. The molecule has 2 heterocycles. The number of aromatic nitrogens is 2. The summed E-state index contributed by atoms with van der Waals surface area (Å²) < 4.78 is 4.97. The van der Waals surface area contributed by atoms with Crippen molar-refractivity contribution in [2.24, 2.45) is 0 Å². The van der Waals surface area contributed by atoms with Crippen molar-refractivity contribution in [2.45, 2.75) is 0 Å². The van der Waals surface area contributed by atoms with Crippen molar-refractivity contribution in [2.75, 3.05) is 11.1 Å². The second kappa shape index (κ2) is 3.14. The van der Waals surface area contributed by atoms with Gasteiger partial charge in [0.2, 0.25) is 5.88 Å². The molecule has 2 rings (SSSR count). The van der Waals surface area contributed by atoms with Gasteiger partial charge in [-0.15, -0.1) is 0 Å². The standard InChI is InChI=1S/C8H8N4O/c9-6-2-1-3-11-8(6)12-7-4-10-5-13-7/h1-5H,9H2,(H,11,12). The van der Waals surface area contributed by atoms with Crippen LogP contribution in [-0.4, -0.2) is 9.97 Å². The van der Waals surface area contributed by atoms with Crippen molar-refractivity contribution in [1.82, 2.24) is 9.97 Å². The van der Waals surface area contributed by atoms with Crippen LogP contribution in [0.15, 0.2) is 35.3 Å². The third kappa shape index (κ3) is 1.58. The summed E-state index contributed by atoms with van der Waals surface area (Å²) in [5.41, 5.74) is 6.22. The van der Waals surface area contributed by atoms with Gasteiger partial charge in [0.05, 0.1) is 11.9 Å². The Bertz CT molecular complexity index is 385. The molecule has 0 saturated carbocycles. The molecule has 0 aliphatic carbocycles. The number of oxazole rings is 1. The molecular weight excluding hydrogens is 168 g/mol. The maximum atomic E-state index is 5.65. The van der Waals surface area contributed by atoms with Crippen LogP contribution in [0.2, 0.25) is 0 Å². The molecule has 0 fully saturated rings. The van der Waals surface area contributed by atoms with E-state index in [-0.39, 0.29) is 0 Å². The van der Waals surface area contributed by atoms with Crippen LogP contribution in [-0.2, 0) is 0 Å². The number of nitrogens with two attached hydrogens (primary N) is 1. The largest absolute Gasteiger partial charge is 0.428 e. The molecule has 0 unspecified atom stereocenters. The summed E-state index contributed by atoms with van der Waals surface area (Å²) in [5, 5.41) is 2.89. The lowest BCUT2D eigenvalue weighted by atomic mass is 10.4. The minimum absolute atomic E-state index is 0.519. The first-order chi connectivity index (χ1) is 6.36. The van der Waals surface area contributed by atoms with Crippen molar-refractivity contribution in [3.63, 3.8) is 0 Å². The molecule has 0 aliphatic rings. The van der Waals surface area contributed by atoms with Crippen molar-refractivity contribution in [1.29, 1.82) is 0 Å². The van der Waals surface area contributed by atoms with Crippen LogP contribution in [0.4, 0.5) is 17.4 Å². The van der Waals surface area contributed by atoms with Crippen LogP contribution in [0.1, 0.15) is 0 Å². The van der Waals surface area contributed by atoms with Crippen LogP contribution in [0, 0.1) is 0 Å². The van der Waals surface area contributed by atoms with Crippen LogP contribution in [0.25, 0.3) is 0 Å². The number of anilines is 3. The molecule has 0 atom stereocenters. The Labute approximate surface area is 74.6 Å². The number of hydrogen-bond acceptors (Lipinski definition) is 5. The molecule has 2 aromatic rings. The van der Waals surface area contributed by atoms with Gasteiger partial charge in [-0.05, 0) is 12.1 Å². The van der Waals surface area contributed by atoms with Crippen LogP contribution < -0.4 is 11.1 Å². The fourth-order valence-electron chi connectivity index (χ4n) is 0.916. The van der Waals surface area contributed by atoms with Crippen molar-refractivity contribution in [3.8, 4) is 0 Å². The van der Waals surface area contributed by atoms with Crippen molar-refractivity contribution >= 4 is 17.4 Å². The fourth-order valence-corrected chi connectivity index (χ4v) is 0.916. The van der Waals surface area contributed by atoms with Crippen LogP contribution in [0.5, 0.6) is 0 Å². The summed E-state index contributed by atoms with van der Waals surface area (Å²) in [5.74, 6) is 1.09. The van der Waals surface area contributed by atoms with Crippen molar-refractivity contribution < 1.29 is 4.42 Å². The van der Waals surface area contributed by atoms with Gasteiger partial charge >= 0.3 is 0 Å². The minimum atomic E-state index is 0.519. The SMILES string of the molecule is Nc1cccnc1Nc1cnco1. The predicted octanol–water partition coefficient (Wildman–Crippen LogP) is 1.40. The highest BCUT2D eigenvalue weighted by atomic mass is 16.4. The maximum absolute atomic E-state index is 5.65. The highest BCUT2D eigenvalue weighted by Gasteiger charge is 2.01. The first kappa shape index (κ1) is 7.60. The number of nitrogens with one attached hydrogen (secondary N) is 1. The monoisotopic (exact) mass is 176 g/mol. The summed E-state index contributed by atoms with van der Waals surface area (Å²) in [6.45, 7) is 0. The number of nitrogens with zero attached hydrogens (tertiary/aromatic N) is 2.